The summed E-state index contributed by atoms with van der Waals surface area (Å²) in [6.45, 7) is 1.95. The summed E-state index contributed by atoms with van der Waals surface area (Å²) in [6, 6.07) is 10.7. The molecule has 0 saturated carbocycles. The number of hydrogen-bond donors (Lipinski definition) is 4. The Morgan fingerprint density at radius 1 is 1.22 bits per heavy atom. The quantitative estimate of drug-likeness (QED) is 0.381. The van der Waals surface area contributed by atoms with Crippen LogP contribution in [0.4, 0.5) is 21.8 Å². The van der Waals surface area contributed by atoms with Crippen LogP contribution in [-0.2, 0) is 19.8 Å². The molecule has 1 aliphatic heterocycles. The molecule has 4 N–H and O–H groups in total. The van der Waals surface area contributed by atoms with E-state index in [1.807, 2.05) is 0 Å². The summed E-state index contributed by atoms with van der Waals surface area (Å²) in [6.07, 6.45) is 2.76. The Hall–Kier alpha value is -3.53. The molecule has 1 aromatic heterocycles. The van der Waals surface area contributed by atoms with Crippen LogP contribution in [0.1, 0.15) is 24.0 Å². The van der Waals surface area contributed by atoms with E-state index in [0.29, 0.717) is 46.9 Å². The molecule has 0 radical (unpaired) electrons. The van der Waals surface area contributed by atoms with Crippen molar-refractivity contribution in [1.29, 1.82) is 4.78 Å². The van der Waals surface area contributed by atoms with E-state index < -0.39 is 30.5 Å². The third-order valence-corrected chi connectivity index (χ3v) is 8.66. The molecular formula is C24H25FN6O3S2. The topological polar surface area (TPSA) is 137 Å². The van der Waals surface area contributed by atoms with Crippen LogP contribution in [0.5, 0.6) is 0 Å². The lowest BCUT2D eigenvalue weighted by atomic mass is 10.2. The molecule has 4 rings (SSSR count). The van der Waals surface area contributed by atoms with Gasteiger partial charge in [0.15, 0.2) is 0 Å². The van der Waals surface area contributed by atoms with Crippen molar-refractivity contribution in [3.63, 3.8) is 0 Å². The van der Waals surface area contributed by atoms with Gasteiger partial charge in [-0.05, 0) is 55.7 Å². The molecule has 188 valence electrons. The summed E-state index contributed by atoms with van der Waals surface area (Å²) in [5.74, 6) is 5.73. The summed E-state index contributed by atoms with van der Waals surface area (Å²) in [5, 5.41) is 6.24. The average molecular weight is 529 g/mol. The summed E-state index contributed by atoms with van der Waals surface area (Å²) in [4.78, 5) is 8.78. The van der Waals surface area contributed by atoms with Crippen LogP contribution in [0.15, 0.2) is 58.5 Å². The minimum absolute atomic E-state index is 0.236. The Morgan fingerprint density at radius 3 is 2.89 bits per heavy atom. The van der Waals surface area contributed by atoms with E-state index in [4.69, 9.17) is 4.78 Å². The van der Waals surface area contributed by atoms with Crippen LogP contribution in [0.25, 0.3) is 0 Å². The van der Waals surface area contributed by atoms with Gasteiger partial charge in [0.2, 0.25) is 16.0 Å². The number of halogens is 1. The van der Waals surface area contributed by atoms with Crippen LogP contribution in [0.2, 0.25) is 0 Å². The fraction of sp³-hybridized carbons (Fsp3) is 0.250. The molecular weight excluding hydrogens is 503 g/mol. The zero-order valence-corrected chi connectivity index (χ0v) is 21.1. The standard InChI is InChI=1S/C24H25FN6O3S2/c1-17-9-10-21(25)22(14-17)36(33,34)29-12-5-6-18-16-28-24-30-19-7-4-8-20(15-19)35(26,32)13-3-2-11-27-23(18)31-24/h4,7-10,14-16,26,29H,2-3,11-13H2,1H3,(H2,27,28,30,31). The second-order valence-corrected chi connectivity index (χ2v) is 12.1. The summed E-state index contributed by atoms with van der Waals surface area (Å²) in [5.41, 5.74) is 1.68. The number of fused-ring (bicyclic) bond motifs is 4. The Kier molecular flexibility index (Phi) is 7.53. The Morgan fingerprint density at radius 2 is 2.06 bits per heavy atom. The van der Waals surface area contributed by atoms with E-state index >= 15 is 0 Å². The SMILES string of the molecule is Cc1ccc(F)c(S(=O)(=O)NCC#Cc2cnc3nc2NCCCCS(=N)(=O)c2cccc(c2)N3)c1. The number of aryl methyl sites for hydroxylation is 1. The number of hydrogen-bond acceptors (Lipinski definition) is 8. The second-order valence-electron chi connectivity index (χ2n) is 8.18. The zero-order valence-electron chi connectivity index (χ0n) is 19.5. The lowest BCUT2D eigenvalue weighted by molar-refractivity contribution is 0.559. The minimum atomic E-state index is -4.07. The fourth-order valence-electron chi connectivity index (χ4n) is 3.50. The molecule has 0 saturated heterocycles. The highest BCUT2D eigenvalue weighted by atomic mass is 32.2. The molecule has 1 aliphatic rings. The van der Waals surface area contributed by atoms with Gasteiger partial charge in [0, 0.05) is 22.9 Å². The van der Waals surface area contributed by atoms with Crippen molar-refractivity contribution < 1.29 is 17.0 Å². The van der Waals surface area contributed by atoms with Crippen LogP contribution in [-0.4, -0.2) is 41.4 Å². The predicted molar refractivity (Wildman–Crippen MR) is 137 cm³/mol. The number of sulfonamides is 1. The third kappa shape index (κ3) is 6.17. The number of nitrogens with one attached hydrogen (secondary N) is 4. The van der Waals surface area contributed by atoms with Crippen LogP contribution in [0, 0.1) is 29.4 Å². The molecule has 0 spiro atoms. The fourth-order valence-corrected chi connectivity index (χ4v) is 6.04. The van der Waals surface area contributed by atoms with Crippen molar-refractivity contribution in [2.75, 3.05) is 29.5 Å². The highest BCUT2D eigenvalue weighted by molar-refractivity contribution is 7.92. The Bertz CT molecular complexity index is 1560. The molecule has 12 heteroatoms. The van der Waals surface area contributed by atoms with Crippen molar-refractivity contribution in [2.45, 2.75) is 29.6 Å². The first-order chi connectivity index (χ1) is 17.1. The third-order valence-electron chi connectivity index (χ3n) is 5.36. The molecule has 1 unspecified atom stereocenters. The zero-order chi connectivity index (χ0) is 25.8. The largest absolute Gasteiger partial charge is 0.369 e. The molecule has 3 aromatic rings. The van der Waals surface area contributed by atoms with E-state index in [1.54, 1.807) is 31.2 Å². The van der Waals surface area contributed by atoms with Gasteiger partial charge in [-0.3, -0.25) is 0 Å². The van der Waals surface area contributed by atoms with E-state index in [-0.39, 0.29) is 18.2 Å². The number of anilines is 3. The maximum absolute atomic E-state index is 14.0. The number of benzene rings is 2. The highest BCUT2D eigenvalue weighted by Crippen LogP contribution is 2.23. The van der Waals surface area contributed by atoms with Gasteiger partial charge in [-0.1, -0.05) is 24.0 Å². The van der Waals surface area contributed by atoms with Crippen molar-refractivity contribution in [3.05, 3.63) is 65.6 Å². The number of rotatable bonds is 3. The van der Waals surface area contributed by atoms with Gasteiger partial charge in [0.1, 0.15) is 16.5 Å². The summed E-state index contributed by atoms with van der Waals surface area (Å²) >= 11 is 0. The molecule has 2 heterocycles. The van der Waals surface area contributed by atoms with Crippen molar-refractivity contribution in [3.8, 4) is 11.8 Å². The highest BCUT2D eigenvalue weighted by Gasteiger charge is 2.18. The smallest absolute Gasteiger partial charge is 0.244 e. The first kappa shape index (κ1) is 25.6. The van der Waals surface area contributed by atoms with Gasteiger partial charge in [0.25, 0.3) is 0 Å². The molecule has 0 fully saturated rings. The van der Waals surface area contributed by atoms with Crippen LogP contribution < -0.4 is 15.4 Å². The maximum atomic E-state index is 14.0. The normalized spacial score (nSPS) is 17.7. The lowest BCUT2D eigenvalue weighted by Gasteiger charge is -2.10. The maximum Gasteiger partial charge on any atom is 0.244 e. The van der Waals surface area contributed by atoms with Crippen molar-refractivity contribution >= 4 is 37.2 Å². The second kappa shape index (κ2) is 10.6. The summed E-state index contributed by atoms with van der Waals surface area (Å²) in [7, 11) is -6.97. The first-order valence-corrected chi connectivity index (χ1v) is 14.3. The van der Waals surface area contributed by atoms with E-state index in [1.165, 1.54) is 18.3 Å². The van der Waals surface area contributed by atoms with Gasteiger partial charge in [-0.2, -0.15) is 9.71 Å². The molecule has 2 aromatic carbocycles. The van der Waals surface area contributed by atoms with Gasteiger partial charge in [-0.25, -0.2) is 26.8 Å². The van der Waals surface area contributed by atoms with E-state index in [0.717, 1.165) is 6.07 Å². The molecule has 1 atom stereocenters. The van der Waals surface area contributed by atoms with Gasteiger partial charge < -0.3 is 10.6 Å². The minimum Gasteiger partial charge on any atom is -0.369 e. The van der Waals surface area contributed by atoms with Gasteiger partial charge >= 0.3 is 0 Å². The number of aromatic nitrogens is 2. The Balaban J connectivity index is 1.54. The number of nitrogens with zero attached hydrogens (tertiary/aromatic N) is 2. The molecule has 0 aliphatic carbocycles. The van der Waals surface area contributed by atoms with E-state index in [2.05, 4.69) is 37.2 Å². The van der Waals surface area contributed by atoms with Crippen LogP contribution >= 0.6 is 0 Å². The Labute approximate surface area is 210 Å². The summed E-state index contributed by atoms with van der Waals surface area (Å²) < 4.78 is 62.3. The van der Waals surface area contributed by atoms with Crippen LogP contribution in [0.3, 0.4) is 0 Å². The predicted octanol–water partition coefficient (Wildman–Crippen LogP) is 3.61. The molecule has 4 bridgehead atoms. The van der Waals surface area contributed by atoms with Gasteiger partial charge in [-0.15, -0.1) is 0 Å². The van der Waals surface area contributed by atoms with E-state index in [9.17, 15) is 17.0 Å². The molecule has 36 heavy (non-hydrogen) atoms. The van der Waals surface area contributed by atoms with Gasteiger partial charge in [0.05, 0.1) is 28.0 Å². The average Bonchev–Trinajstić information content (AvgIpc) is 2.84. The lowest BCUT2D eigenvalue weighted by Crippen LogP contribution is -2.25. The molecule has 0 amide bonds. The molecule has 9 nitrogen and oxygen atoms in total. The van der Waals surface area contributed by atoms with Crippen molar-refractivity contribution in [1.82, 2.24) is 14.7 Å². The first-order valence-electron chi connectivity index (χ1n) is 11.1. The monoisotopic (exact) mass is 528 g/mol. The van der Waals surface area contributed by atoms with Crippen molar-refractivity contribution in [2.24, 2.45) is 0 Å².